The summed E-state index contributed by atoms with van der Waals surface area (Å²) < 4.78 is 11.0. The lowest BCUT2D eigenvalue weighted by atomic mass is 10.1. The number of hydrogen-bond donors (Lipinski definition) is 1. The molecule has 0 aromatic heterocycles. The fourth-order valence-corrected chi connectivity index (χ4v) is 4.10. The van der Waals surface area contributed by atoms with Crippen molar-refractivity contribution in [3.05, 3.63) is 58.0 Å². The van der Waals surface area contributed by atoms with Crippen LogP contribution in [-0.2, 0) is 4.79 Å². The number of carboxylic acids is 1. The van der Waals surface area contributed by atoms with Crippen LogP contribution in [0.5, 0.6) is 11.5 Å². The molecule has 0 radical (unpaired) electrons. The first-order valence-corrected chi connectivity index (χ1v) is 9.42. The Morgan fingerprint density at radius 3 is 2.61 bits per heavy atom. The minimum atomic E-state index is -1.07. The quantitative estimate of drug-likeness (QED) is 0.582. The van der Waals surface area contributed by atoms with Crippen LogP contribution in [0, 0.1) is 6.92 Å². The molecule has 28 heavy (non-hydrogen) atoms. The highest BCUT2D eigenvalue weighted by Crippen LogP contribution is 2.40. The highest BCUT2D eigenvalue weighted by atomic mass is 32.2. The lowest BCUT2D eigenvalue weighted by Gasteiger charge is -2.17. The summed E-state index contributed by atoms with van der Waals surface area (Å²) in [6.45, 7) is 1.80. The predicted molar refractivity (Wildman–Crippen MR) is 113 cm³/mol. The number of ether oxygens (including phenoxy) is 2. The maximum absolute atomic E-state index is 13.0. The summed E-state index contributed by atoms with van der Waals surface area (Å²) in [5.41, 5.74) is 1.98. The van der Waals surface area contributed by atoms with E-state index >= 15 is 0 Å². The number of amides is 1. The van der Waals surface area contributed by atoms with Gasteiger partial charge in [0.15, 0.2) is 15.8 Å². The second-order valence-corrected chi connectivity index (χ2v) is 7.58. The molecular weight excluding hydrogens is 398 g/mol. The highest BCUT2D eigenvalue weighted by Gasteiger charge is 2.34. The van der Waals surface area contributed by atoms with Gasteiger partial charge < -0.3 is 14.6 Å². The second kappa shape index (κ2) is 8.04. The first kappa shape index (κ1) is 19.9. The van der Waals surface area contributed by atoms with Crippen LogP contribution in [0.25, 0.3) is 6.08 Å². The molecule has 0 aliphatic carbocycles. The Morgan fingerprint density at radius 1 is 1.21 bits per heavy atom. The third kappa shape index (κ3) is 3.61. The summed E-state index contributed by atoms with van der Waals surface area (Å²) in [4.78, 5) is 26.1. The zero-order chi connectivity index (χ0) is 20.4. The molecule has 0 unspecified atom stereocenters. The number of thioether (sulfide) groups is 1. The predicted octanol–water partition coefficient (Wildman–Crippen LogP) is 4.12. The number of carbonyl (C=O) groups is 2. The van der Waals surface area contributed by atoms with Crippen LogP contribution in [0.15, 0.2) is 41.3 Å². The average Bonchev–Trinajstić information content (AvgIpc) is 2.95. The molecule has 0 atom stereocenters. The number of benzene rings is 2. The van der Waals surface area contributed by atoms with E-state index in [-0.39, 0.29) is 11.5 Å². The summed E-state index contributed by atoms with van der Waals surface area (Å²) in [6, 6.07) is 9.99. The number of thiocarbonyl (C=S) groups is 1. The molecule has 1 N–H and O–H groups in total. The van der Waals surface area contributed by atoms with Crippen molar-refractivity contribution >= 4 is 51.9 Å². The van der Waals surface area contributed by atoms with Crippen molar-refractivity contribution in [1.29, 1.82) is 0 Å². The van der Waals surface area contributed by atoms with E-state index in [4.69, 9.17) is 21.7 Å². The molecule has 144 valence electrons. The largest absolute Gasteiger partial charge is 0.493 e. The summed E-state index contributed by atoms with van der Waals surface area (Å²) in [5, 5.41) is 9.25. The maximum Gasteiger partial charge on any atom is 0.335 e. The van der Waals surface area contributed by atoms with Gasteiger partial charge in [0, 0.05) is 5.56 Å². The van der Waals surface area contributed by atoms with Crippen molar-refractivity contribution < 1.29 is 24.2 Å². The number of nitrogens with zero attached hydrogens (tertiary/aromatic N) is 1. The van der Waals surface area contributed by atoms with Crippen LogP contribution in [0.1, 0.15) is 21.5 Å². The minimum Gasteiger partial charge on any atom is -0.493 e. The number of hydrogen-bond acceptors (Lipinski definition) is 6. The Morgan fingerprint density at radius 2 is 1.96 bits per heavy atom. The number of aromatic carboxylic acids is 1. The number of rotatable bonds is 5. The molecule has 0 bridgehead atoms. The van der Waals surface area contributed by atoms with Crippen molar-refractivity contribution in [2.75, 3.05) is 19.1 Å². The number of carbonyl (C=O) groups excluding carboxylic acids is 1. The Hall–Kier alpha value is -2.84. The summed E-state index contributed by atoms with van der Waals surface area (Å²) >= 11 is 6.55. The second-order valence-electron chi connectivity index (χ2n) is 5.91. The van der Waals surface area contributed by atoms with Crippen LogP contribution < -0.4 is 14.4 Å². The van der Waals surface area contributed by atoms with Gasteiger partial charge in [-0.25, -0.2) is 4.79 Å². The molecule has 1 aliphatic heterocycles. The molecular formula is C20H17NO5S2. The van der Waals surface area contributed by atoms with Crippen LogP contribution >= 0.6 is 24.0 Å². The molecule has 1 amide bonds. The smallest absolute Gasteiger partial charge is 0.335 e. The molecule has 6 nitrogen and oxygen atoms in total. The number of para-hydroxylation sites is 1. The van der Waals surface area contributed by atoms with Gasteiger partial charge in [0.25, 0.3) is 5.91 Å². The van der Waals surface area contributed by atoms with Gasteiger partial charge >= 0.3 is 5.97 Å². The Labute approximate surface area is 171 Å². The van der Waals surface area contributed by atoms with E-state index in [0.29, 0.717) is 32.0 Å². The van der Waals surface area contributed by atoms with Gasteiger partial charge in [0.1, 0.15) is 0 Å². The van der Waals surface area contributed by atoms with Crippen LogP contribution in [0.2, 0.25) is 0 Å². The van der Waals surface area contributed by atoms with Gasteiger partial charge in [-0.3, -0.25) is 9.69 Å². The molecule has 1 heterocycles. The van der Waals surface area contributed by atoms with Gasteiger partial charge in [-0.15, -0.1) is 0 Å². The Bertz CT molecular complexity index is 1020. The molecule has 1 saturated heterocycles. The SMILES string of the molecule is COc1cccc(C=C2SC(=S)N(c3cc(C(=O)O)ccc3C)C2=O)c1OC. The van der Waals surface area contributed by atoms with E-state index in [1.54, 1.807) is 38.3 Å². The van der Waals surface area contributed by atoms with Gasteiger partial charge in [0.05, 0.1) is 30.4 Å². The van der Waals surface area contributed by atoms with Crippen LogP contribution in [0.3, 0.4) is 0 Å². The average molecular weight is 415 g/mol. The standard InChI is InChI=1S/C20H17NO5S2/c1-11-7-8-13(19(23)24)9-14(11)21-18(22)16(28-20(21)27)10-12-5-4-6-15(25-2)17(12)26-3/h4-10H,1-3H3,(H,23,24). The molecule has 2 aromatic carbocycles. The van der Waals surface area contributed by atoms with Crippen molar-refractivity contribution in [1.82, 2.24) is 0 Å². The highest BCUT2D eigenvalue weighted by molar-refractivity contribution is 8.27. The lowest BCUT2D eigenvalue weighted by Crippen LogP contribution is -2.28. The molecule has 8 heteroatoms. The van der Waals surface area contributed by atoms with E-state index in [2.05, 4.69) is 0 Å². The van der Waals surface area contributed by atoms with Gasteiger partial charge in [-0.2, -0.15) is 0 Å². The fourth-order valence-electron chi connectivity index (χ4n) is 2.83. The normalized spacial score (nSPS) is 15.2. The number of aryl methyl sites for hydroxylation is 1. The van der Waals surface area contributed by atoms with Gasteiger partial charge in [-0.1, -0.05) is 42.2 Å². The van der Waals surface area contributed by atoms with Crippen LogP contribution in [0.4, 0.5) is 5.69 Å². The van der Waals surface area contributed by atoms with E-state index in [9.17, 15) is 14.7 Å². The first-order valence-electron chi connectivity index (χ1n) is 8.20. The van der Waals surface area contributed by atoms with E-state index in [1.165, 1.54) is 24.1 Å². The minimum absolute atomic E-state index is 0.0908. The van der Waals surface area contributed by atoms with Gasteiger partial charge in [-0.05, 0) is 36.8 Å². The Kier molecular flexibility index (Phi) is 5.71. The molecule has 3 rings (SSSR count). The third-order valence-corrected chi connectivity index (χ3v) is 5.51. The van der Waals surface area contributed by atoms with Crippen LogP contribution in [-0.4, -0.2) is 35.5 Å². The molecule has 1 aliphatic rings. The zero-order valence-corrected chi connectivity index (χ0v) is 17.0. The molecule has 0 saturated carbocycles. The molecule has 2 aromatic rings. The fraction of sp³-hybridized carbons (Fsp3) is 0.150. The molecule has 0 spiro atoms. The number of methoxy groups -OCH3 is 2. The summed E-state index contributed by atoms with van der Waals surface area (Å²) in [6.07, 6.45) is 1.69. The monoisotopic (exact) mass is 415 g/mol. The Balaban J connectivity index is 2.03. The lowest BCUT2D eigenvalue weighted by molar-refractivity contribution is -0.113. The topological polar surface area (TPSA) is 76.1 Å². The number of anilines is 1. The van der Waals surface area contributed by atoms with E-state index in [1.807, 2.05) is 6.07 Å². The van der Waals surface area contributed by atoms with E-state index < -0.39 is 5.97 Å². The van der Waals surface area contributed by atoms with Crippen molar-refractivity contribution in [2.45, 2.75) is 6.92 Å². The zero-order valence-electron chi connectivity index (χ0n) is 15.4. The van der Waals surface area contributed by atoms with Gasteiger partial charge in [0.2, 0.25) is 0 Å². The van der Waals surface area contributed by atoms with Crippen molar-refractivity contribution in [2.24, 2.45) is 0 Å². The van der Waals surface area contributed by atoms with E-state index in [0.717, 1.165) is 17.3 Å². The summed E-state index contributed by atoms with van der Waals surface area (Å²) in [7, 11) is 3.07. The number of carboxylic acid groups (broad SMARTS) is 1. The third-order valence-electron chi connectivity index (χ3n) is 4.21. The summed E-state index contributed by atoms with van der Waals surface area (Å²) in [5.74, 6) is -0.315. The molecule has 1 fully saturated rings. The van der Waals surface area contributed by atoms with Crippen molar-refractivity contribution in [3.8, 4) is 11.5 Å². The maximum atomic E-state index is 13.0. The van der Waals surface area contributed by atoms with Crippen molar-refractivity contribution in [3.63, 3.8) is 0 Å². The first-order chi connectivity index (χ1) is 13.4.